The second-order valence-electron chi connectivity index (χ2n) is 35.3. The average molecular weight is 1860 g/mol. The Labute approximate surface area is 778 Å². The second-order valence-corrected chi connectivity index (χ2v) is 37.2. The van der Waals surface area contributed by atoms with Crippen LogP contribution in [0.3, 0.4) is 0 Å². The summed E-state index contributed by atoms with van der Waals surface area (Å²) < 4.78 is 0. The van der Waals surface area contributed by atoms with E-state index in [1.165, 1.54) is 12.8 Å². The minimum atomic E-state index is -1.08. The molecule has 10 aromatic rings. The Kier molecular flexibility index (Phi) is 26.8. The molecule has 1 saturated carbocycles. The minimum absolute atomic E-state index is 0.0139. The predicted molar refractivity (Wildman–Crippen MR) is 505 cm³/mol. The van der Waals surface area contributed by atoms with Crippen LogP contribution in [0.5, 0.6) is 0 Å². The highest BCUT2D eigenvalue weighted by Gasteiger charge is 2.47. The third-order valence-electron chi connectivity index (χ3n) is 26.6. The van der Waals surface area contributed by atoms with E-state index in [4.69, 9.17) is 117 Å². The van der Waals surface area contributed by atoms with Crippen molar-refractivity contribution in [3.05, 3.63) is 231 Å². The van der Waals surface area contributed by atoms with Crippen LogP contribution < -0.4 is 53.2 Å². The van der Waals surface area contributed by atoms with Crippen LogP contribution in [0.25, 0.3) is 0 Å². The van der Waals surface area contributed by atoms with Crippen LogP contribution in [-0.2, 0) is 32.7 Å². The van der Waals surface area contributed by atoms with Crippen molar-refractivity contribution in [3.8, 4) is 0 Å². The summed E-state index contributed by atoms with van der Waals surface area (Å²) in [6.45, 7) is 20.3. The van der Waals surface area contributed by atoms with Gasteiger partial charge in [-0.3, -0.25) is 49.9 Å². The SMILES string of the molecule is Cc1cc(C2=NCc3nc(N4CCC(O)(CN)CC4)cnc32)c(Cl)cn1.Cc1cc(C2=NCc3nc(N4CCC5(CCC5N)CC4)cnc32)c(Cl)cn1.Cc1nccc(C2=NCc3nc(N4CCC(N)(CO)CC4)cnc32)c1Cl.Cc1nccc(C2=NCc3nc(N4CCC(N)(O)CC4)cnc32)c1Cl.Cc1nccc(C2=NCc3nc(N4CCC(O)(CN)CC4)cnc32)c1Cl. The quantitative estimate of drug-likeness (QED) is 0.0487. The van der Waals surface area contributed by atoms with Gasteiger partial charge in [0, 0.05) is 173 Å². The van der Waals surface area contributed by atoms with E-state index >= 15 is 0 Å². The van der Waals surface area contributed by atoms with E-state index in [1.807, 2.05) is 71.1 Å². The molecule has 1 aliphatic carbocycles. The van der Waals surface area contributed by atoms with E-state index in [9.17, 15) is 20.4 Å². The van der Waals surface area contributed by atoms with Gasteiger partial charge in [0.25, 0.3) is 0 Å². The molecule has 6 fully saturated rings. The maximum atomic E-state index is 10.3. The normalized spacial score (nSPS) is 19.6. The molecule has 130 heavy (non-hydrogen) atoms. The number of aliphatic hydroxyl groups is 4. The first-order valence-electron chi connectivity index (χ1n) is 43.9. The predicted octanol–water partition coefficient (Wildman–Crippen LogP) is 8.75. The van der Waals surface area contributed by atoms with Gasteiger partial charge in [-0.1, -0.05) is 58.0 Å². The molecule has 11 aliphatic rings. The summed E-state index contributed by atoms with van der Waals surface area (Å²) in [5.41, 5.74) is 47.3. The lowest BCUT2D eigenvalue weighted by Gasteiger charge is -2.52. The Morgan fingerprint density at radius 1 is 0.362 bits per heavy atom. The van der Waals surface area contributed by atoms with E-state index < -0.39 is 22.5 Å². The summed E-state index contributed by atoms with van der Waals surface area (Å²) in [5, 5.41) is 42.8. The number of rotatable bonds is 13. The maximum absolute atomic E-state index is 10.3. The summed E-state index contributed by atoms with van der Waals surface area (Å²) in [7, 11) is 0. The molecule has 5 saturated heterocycles. The first kappa shape index (κ1) is 91.5. The van der Waals surface area contributed by atoms with Gasteiger partial charge in [-0.2, -0.15) is 0 Å². The van der Waals surface area contributed by atoms with E-state index in [1.54, 1.807) is 55.8 Å². The van der Waals surface area contributed by atoms with Crippen LogP contribution in [0.15, 0.2) is 117 Å². The number of halogens is 5. The molecule has 0 amide bonds. The lowest BCUT2D eigenvalue weighted by Crippen LogP contribution is -2.56. The third-order valence-corrected chi connectivity index (χ3v) is 28.7. The molecule has 14 N–H and O–H groups in total. The smallest absolute Gasteiger partial charge is 0.147 e. The summed E-state index contributed by atoms with van der Waals surface area (Å²) in [6.07, 6.45) is 27.2. The minimum Gasteiger partial charge on any atom is -0.394 e. The van der Waals surface area contributed by atoms with Crippen LogP contribution in [0.2, 0.25) is 25.1 Å². The van der Waals surface area contributed by atoms with Crippen molar-refractivity contribution in [1.29, 1.82) is 0 Å². The van der Waals surface area contributed by atoms with Crippen LogP contribution in [0, 0.1) is 40.0 Å². The van der Waals surface area contributed by atoms with Crippen molar-refractivity contribution >= 4 is 116 Å². The number of piperidine rings is 5. The lowest BCUT2D eigenvalue weighted by atomic mass is 9.60. The van der Waals surface area contributed by atoms with E-state index in [0.717, 1.165) is 223 Å². The molecule has 1 spiro atoms. The molecule has 678 valence electrons. The number of aryl methyl sites for hydroxylation is 5. The van der Waals surface area contributed by atoms with Crippen molar-refractivity contribution in [2.24, 2.45) is 59.0 Å². The molecule has 1 atom stereocenters. The van der Waals surface area contributed by atoms with Crippen molar-refractivity contribution in [1.82, 2.24) is 74.8 Å². The molecule has 1 unspecified atom stereocenters. The lowest BCUT2D eigenvalue weighted by molar-refractivity contribution is 0.0223. The van der Waals surface area contributed by atoms with Crippen molar-refractivity contribution < 1.29 is 20.4 Å². The van der Waals surface area contributed by atoms with Crippen molar-refractivity contribution in [2.75, 3.05) is 110 Å². The fourth-order valence-corrected chi connectivity index (χ4v) is 18.9. The Morgan fingerprint density at radius 2 is 0.638 bits per heavy atom. The molecule has 10 aliphatic heterocycles. The zero-order chi connectivity index (χ0) is 91.1. The average Bonchev–Trinajstić information content (AvgIpc) is 1.60. The molecule has 0 radical (unpaired) electrons. The van der Waals surface area contributed by atoms with Gasteiger partial charge in [-0.15, -0.1) is 0 Å². The third kappa shape index (κ3) is 19.2. The first-order chi connectivity index (χ1) is 62.5. The topological polar surface area (TPSA) is 482 Å². The zero-order valence-electron chi connectivity index (χ0n) is 73.2. The van der Waals surface area contributed by atoms with Crippen LogP contribution >= 0.6 is 58.0 Å². The molecular formula is C91H105Cl5N30O4. The number of hydrogen-bond donors (Lipinski definition) is 9. The van der Waals surface area contributed by atoms with Crippen LogP contribution in [-0.4, -0.2) is 237 Å². The number of aliphatic imine (C=N–C) groups is 5. The van der Waals surface area contributed by atoms with Crippen molar-refractivity contribution in [2.45, 2.75) is 173 Å². The molecule has 20 heterocycles. The van der Waals surface area contributed by atoms with Gasteiger partial charge < -0.3 is 73.6 Å². The summed E-state index contributed by atoms with van der Waals surface area (Å²) >= 11 is 31.8. The Hall–Kier alpha value is -10.4. The Bertz CT molecular complexity index is 5840. The number of pyridine rings is 5. The van der Waals surface area contributed by atoms with E-state index in [0.29, 0.717) is 160 Å². The molecule has 21 rings (SSSR count). The van der Waals surface area contributed by atoms with Gasteiger partial charge in [0.15, 0.2) is 0 Å². The highest BCUT2D eigenvalue weighted by Crippen LogP contribution is 2.49. The number of anilines is 5. The van der Waals surface area contributed by atoms with E-state index in [2.05, 4.69) is 94.3 Å². The summed E-state index contributed by atoms with van der Waals surface area (Å²) in [4.78, 5) is 102. The number of fused-ring (bicyclic) bond motifs is 5. The Balaban J connectivity index is 0.000000114. The fourth-order valence-electron chi connectivity index (χ4n) is 17.9. The van der Waals surface area contributed by atoms with E-state index in [-0.39, 0.29) is 6.61 Å². The van der Waals surface area contributed by atoms with Gasteiger partial charge in [0.05, 0.1) is 181 Å². The molecule has 39 heteroatoms. The second kappa shape index (κ2) is 38.1. The fraction of sp³-hybridized carbons (Fsp3) is 0.451. The van der Waals surface area contributed by atoms with Gasteiger partial charge in [0.1, 0.15) is 63.3 Å². The molecule has 0 aromatic carbocycles. The van der Waals surface area contributed by atoms with Gasteiger partial charge in [-0.05, 0) is 135 Å². The number of nitrogens with two attached hydrogens (primary N) is 5. The van der Waals surface area contributed by atoms with Gasteiger partial charge in [-0.25, -0.2) is 49.8 Å². The number of hydrogen-bond acceptors (Lipinski definition) is 34. The number of aromatic nitrogens is 15. The molecule has 34 nitrogen and oxygen atoms in total. The first-order valence-corrected chi connectivity index (χ1v) is 45.8. The highest BCUT2D eigenvalue weighted by molar-refractivity contribution is 6.38. The standard InChI is InChI=1S/C20H23ClN6.3C18H21ClN6O.C17H19ClN6O/c1-12-8-13(14(21)9-23-12)18-19-15(10-24-18)26-17(11-25-19)27-6-4-20(5-7-27)3-2-16(20)22;1-11-15(19)12(2-5-21-11)16-17-13(8-22-16)24-14(9-23-17)25-6-3-18(20,10-26)4-7-25;1-11-15(19)12(2-5-21-11)16-17-13(8-22-16)24-14(9-23-17)25-6-3-18(26,10-20)4-7-25;1-11-6-12(13(19)7-21-11)16-17-14(8-22-16)24-15(9-23-17)25-4-2-18(26,10-20)3-5-25;1-10-14(18)11(2-5-20-10)15-16-12(8-21-15)23-13(9-22-16)24-6-3-17(19,25)4-7-24/h8-9,11,16H,2-7,10,22H2,1H3;2*2,5,9,26H,3-4,6-8,10,20H2,1H3;6-7,9,26H,2-5,8,10,20H2,1H3;2,5,9,25H,3-4,6-8,19H2,1H3. The number of aliphatic hydroxyl groups excluding tert-OH is 1. The maximum Gasteiger partial charge on any atom is 0.147 e. The monoisotopic (exact) mass is 1860 g/mol. The summed E-state index contributed by atoms with van der Waals surface area (Å²) in [6, 6.07) is 9.83. The van der Waals surface area contributed by atoms with Gasteiger partial charge >= 0.3 is 0 Å². The number of nitrogens with zero attached hydrogens (tertiary/aromatic N) is 25. The molecular weight excluding hydrogens is 1750 g/mol. The molecule has 0 bridgehead atoms. The van der Waals surface area contributed by atoms with Crippen molar-refractivity contribution in [3.63, 3.8) is 0 Å². The van der Waals surface area contributed by atoms with Gasteiger partial charge in [0.2, 0.25) is 0 Å². The van der Waals surface area contributed by atoms with Crippen LogP contribution in [0.4, 0.5) is 29.1 Å². The zero-order valence-corrected chi connectivity index (χ0v) is 77.0. The van der Waals surface area contributed by atoms with Crippen LogP contribution in [0.1, 0.15) is 190 Å². The summed E-state index contributed by atoms with van der Waals surface area (Å²) in [5.74, 6) is 4.21. The Morgan fingerprint density at radius 3 is 0.908 bits per heavy atom. The molecule has 10 aromatic heterocycles. The highest BCUT2D eigenvalue weighted by atomic mass is 35.5. The largest absolute Gasteiger partial charge is 0.394 e.